The first kappa shape index (κ1) is 127. The fraction of sp³-hybridized carbons (Fsp3) is 0.625. The third kappa shape index (κ3) is 49.0. The predicted molar refractivity (Wildman–Crippen MR) is 522 cm³/mol. The second-order valence-electron chi connectivity index (χ2n) is 36.0. The molecule has 1 aromatic heterocycles. The van der Waals surface area contributed by atoms with Crippen LogP contribution in [-0.4, -0.2) is 323 Å². The molecule has 0 aliphatic heterocycles. The van der Waals surface area contributed by atoms with Crippen LogP contribution in [0, 0.1) is 45.3 Å². The lowest BCUT2D eigenvalue weighted by Gasteiger charge is -2.31. The molecule has 58 heteroatoms. The summed E-state index contributed by atoms with van der Waals surface area (Å²) in [5.74, 6) is -29.2. The number of phenols is 1. The van der Waals surface area contributed by atoms with Crippen LogP contribution < -0.4 is 135 Å². The number of aliphatic hydroxyl groups is 2. The third-order valence-corrected chi connectivity index (χ3v) is 22.5. The van der Waals surface area contributed by atoms with Gasteiger partial charge in [-0.15, -0.1) is 0 Å². The molecule has 0 spiro atoms. The molecule has 146 heavy (non-hydrogen) atoms. The van der Waals surface area contributed by atoms with Crippen molar-refractivity contribution in [1.29, 1.82) is 21.6 Å². The molecule has 0 unspecified atom stereocenters. The number of amides is 16. The number of aliphatic carboxylic acids is 4. The van der Waals surface area contributed by atoms with Gasteiger partial charge in [-0.05, 0) is 132 Å². The van der Waals surface area contributed by atoms with Crippen LogP contribution >= 0.6 is 0 Å². The SMILES string of the molecule is CC[C@H](C)[C@H](NC(=O)[C@H](Cc1cnc[nH]1)NC(=O)[C@H](CCCNC(=N)N)NC(=O)[C@@H](NC(=O)[C@@H](NC(=O)[C@H](CC(C)C)NC(=O)[C@H](CCCNC(=N)N)NC(=O)[C@@H](NC(=O)[C@H](CCCNC(=N)N)NC(=O)[C@H](CCC(=O)O)NC(=O)[C@@H](N)[C@@H](C)O)C(C)C)C(C)C)[C@@H](C)O)C(=O)N[C@@H](Cc1ccc(O)cc1)C(=O)N[C@@H](CC(N)=O)C(=O)N[C@@H](CCCNC(=N)N)C(=O)N[C@@H](CCC(=O)O)C(=O)N[C@@H](CCC(=O)O)C(=O)O. The lowest BCUT2D eigenvalue weighted by molar-refractivity contribution is -0.144. The number of hydrogen-bond donors (Lipinski definition) is 37. The lowest BCUT2D eigenvalue weighted by Crippen LogP contribution is -2.63. The Morgan fingerprint density at radius 1 is 0.356 bits per heavy atom. The molecule has 0 saturated heterocycles. The molecular formula is C88H147N31O27. The number of aromatic nitrogens is 2. The van der Waals surface area contributed by atoms with Crippen LogP contribution in [0.15, 0.2) is 36.8 Å². The van der Waals surface area contributed by atoms with Crippen molar-refractivity contribution in [1.82, 2.24) is 111 Å². The summed E-state index contributed by atoms with van der Waals surface area (Å²) < 4.78 is 0. The number of hydrogen-bond acceptors (Lipinski definition) is 29. The van der Waals surface area contributed by atoms with Crippen molar-refractivity contribution >= 4 is 142 Å². The number of aliphatic hydroxyl groups excluding tert-OH is 2. The van der Waals surface area contributed by atoms with E-state index >= 15 is 14.4 Å². The molecule has 58 nitrogen and oxygen atoms in total. The van der Waals surface area contributed by atoms with Gasteiger partial charge in [-0.1, -0.05) is 73.9 Å². The molecule has 0 bridgehead atoms. The van der Waals surface area contributed by atoms with Crippen molar-refractivity contribution in [3.05, 3.63) is 48.0 Å². The molecule has 0 radical (unpaired) electrons. The standard InChI is InChI=1S/C88H147N31O27/c1-11-43(8)67(82(143)115-57(35-46-20-22-48(122)23-21-46)75(136)114-59(37-60(89)123)76(137)106-49(16-12-30-100-85(91)92)69(130)107-53(24-27-61(124)125)73(134)111-55(84(145)146)26-29-63(128)129)118-78(139)58(36-47-38-99-39-104-47)113-71(132)51(18-14-32-102-87(95)96)110-83(144)68(45(10)121)119-81(142)66(42(6)7)117-77(138)56(34-40(2)3)112-70(131)50(17-13-31-101-86(93)94)109-80(141)65(41(4)5)116-74(135)52(19-15-33-103-88(97)98)105-72(133)54(25-28-62(126)127)108-79(140)64(90)44(9)120/h20-23,38-45,49-59,64-68,120-122H,11-19,24-37,90H2,1-10H3,(H2,89,123)(H,99,104)(H,105,133)(H,106,137)(H,107,130)(H,108,140)(H,109,141)(H,110,144)(H,111,134)(H,112,131)(H,113,132)(H,114,136)(H,115,143)(H,116,135)(H,117,138)(H,118,139)(H,119,142)(H,124,125)(H,126,127)(H,128,129)(H,145,146)(H4,91,92,100)(H4,93,94,101)(H4,95,96,102)(H4,97,98,103)/t43-,44+,45+,49-,50-,51-,52-,53-,54-,55-,56-,57-,58-,59-,64-,65-,66-,67-,68-/m0/s1. The van der Waals surface area contributed by atoms with Gasteiger partial charge in [0.15, 0.2) is 23.8 Å². The van der Waals surface area contributed by atoms with Crippen molar-refractivity contribution in [2.24, 2.45) is 58.1 Å². The number of benzene rings is 1. The molecule has 2 aromatic rings. The highest BCUT2D eigenvalue weighted by Gasteiger charge is 2.42. The Morgan fingerprint density at radius 3 is 1.01 bits per heavy atom. The zero-order chi connectivity index (χ0) is 111. The number of primary amides is 1. The van der Waals surface area contributed by atoms with Crippen LogP contribution in [0.3, 0.4) is 0 Å². The third-order valence-electron chi connectivity index (χ3n) is 22.5. The number of nitrogens with two attached hydrogens (primary N) is 6. The second-order valence-corrected chi connectivity index (χ2v) is 36.0. The number of guanidine groups is 4. The van der Waals surface area contributed by atoms with Gasteiger partial charge < -0.3 is 176 Å². The van der Waals surface area contributed by atoms with E-state index in [9.17, 15) is 117 Å². The van der Waals surface area contributed by atoms with Gasteiger partial charge in [0.1, 0.15) is 102 Å². The fourth-order valence-electron chi connectivity index (χ4n) is 14.2. The largest absolute Gasteiger partial charge is 0.508 e. The molecule has 1 heterocycles. The maximum Gasteiger partial charge on any atom is 0.326 e. The Hall–Kier alpha value is -15.4. The van der Waals surface area contributed by atoms with Gasteiger partial charge in [-0.2, -0.15) is 0 Å². The Kier molecular flexibility index (Phi) is 56.4. The van der Waals surface area contributed by atoms with Crippen LogP contribution in [0.5, 0.6) is 5.75 Å². The second kappa shape index (κ2) is 65.0. The van der Waals surface area contributed by atoms with Crippen molar-refractivity contribution in [3.8, 4) is 5.75 Å². The first-order chi connectivity index (χ1) is 68.4. The van der Waals surface area contributed by atoms with Gasteiger partial charge in [0.05, 0.1) is 25.0 Å². The van der Waals surface area contributed by atoms with Crippen LogP contribution in [0.2, 0.25) is 0 Å². The Bertz CT molecular complexity index is 4780. The van der Waals surface area contributed by atoms with Gasteiger partial charge in [-0.25, -0.2) is 9.78 Å². The molecule has 2 rings (SSSR count). The first-order valence-corrected chi connectivity index (χ1v) is 47.3. The van der Waals surface area contributed by atoms with Crippen molar-refractivity contribution in [3.63, 3.8) is 0 Å². The van der Waals surface area contributed by atoms with Crippen LogP contribution in [0.25, 0.3) is 0 Å². The molecule has 19 atom stereocenters. The summed E-state index contributed by atoms with van der Waals surface area (Å²) in [5.41, 5.74) is 33.9. The van der Waals surface area contributed by atoms with Gasteiger partial charge in [0, 0.05) is 70.2 Å². The molecular weight excluding hydrogens is 1920 g/mol. The highest BCUT2D eigenvalue weighted by molar-refractivity contribution is 6.02. The van der Waals surface area contributed by atoms with E-state index in [-0.39, 0.29) is 101 Å². The molecule has 43 N–H and O–H groups in total. The number of phenolic OH excluding ortho intramolecular Hbond substituents is 1. The molecule has 1 aromatic carbocycles. The van der Waals surface area contributed by atoms with E-state index in [2.05, 4.69) is 111 Å². The van der Waals surface area contributed by atoms with E-state index in [0.29, 0.717) is 0 Å². The summed E-state index contributed by atoms with van der Waals surface area (Å²) in [6, 6.07) is -22.4. The van der Waals surface area contributed by atoms with E-state index in [1.54, 1.807) is 20.8 Å². The quantitative estimate of drug-likeness (QED) is 0.0166. The number of carboxylic acids is 4. The lowest BCUT2D eigenvalue weighted by atomic mass is 9.96. The van der Waals surface area contributed by atoms with E-state index in [4.69, 9.17) is 56.0 Å². The van der Waals surface area contributed by atoms with Crippen LogP contribution in [0.4, 0.5) is 0 Å². The number of carbonyl (C=O) groups excluding carboxylic acids is 16. The number of aromatic hydroxyl groups is 1. The molecule has 0 fully saturated rings. The van der Waals surface area contributed by atoms with Gasteiger partial charge in [-0.3, -0.25) is 113 Å². The number of carbonyl (C=O) groups is 20. The number of nitrogens with zero attached hydrogens (tertiary/aromatic N) is 1. The smallest absolute Gasteiger partial charge is 0.326 e. The van der Waals surface area contributed by atoms with Crippen LogP contribution in [-0.2, 0) is 109 Å². The average Bonchev–Trinajstić information content (AvgIpc) is 1.16. The van der Waals surface area contributed by atoms with Crippen LogP contribution in [0.1, 0.15) is 190 Å². The normalized spacial score (nSPS) is 15.0. The fourth-order valence-corrected chi connectivity index (χ4v) is 14.2. The highest BCUT2D eigenvalue weighted by atomic mass is 16.4. The maximum atomic E-state index is 15.1. The molecule has 0 aliphatic rings. The monoisotopic (exact) mass is 2070 g/mol. The van der Waals surface area contributed by atoms with E-state index in [0.717, 1.165) is 6.92 Å². The molecule has 0 aliphatic carbocycles. The summed E-state index contributed by atoms with van der Waals surface area (Å²) in [6.07, 6.45) is -8.23. The topological polar surface area (TPSA) is 992 Å². The minimum absolute atomic E-state index is 0.0126. The maximum absolute atomic E-state index is 15.1. The minimum Gasteiger partial charge on any atom is -0.508 e. The van der Waals surface area contributed by atoms with Crippen molar-refractivity contribution in [2.75, 3.05) is 26.2 Å². The number of rotatable bonds is 70. The number of aromatic amines is 1. The molecule has 816 valence electrons. The average molecular weight is 2070 g/mol. The zero-order valence-electron chi connectivity index (χ0n) is 83.1. The number of carboxylic acid groups (broad SMARTS) is 4. The van der Waals surface area contributed by atoms with Crippen molar-refractivity contribution in [2.45, 2.75) is 300 Å². The summed E-state index contributed by atoms with van der Waals surface area (Å²) in [6.45, 7) is 14.5. The Morgan fingerprint density at radius 2 is 0.651 bits per heavy atom. The van der Waals surface area contributed by atoms with E-state index in [1.807, 2.05) is 0 Å². The predicted octanol–water partition coefficient (Wildman–Crippen LogP) is -9.73. The summed E-state index contributed by atoms with van der Waals surface area (Å²) in [4.78, 5) is 284. The summed E-state index contributed by atoms with van der Waals surface area (Å²) >= 11 is 0. The summed E-state index contributed by atoms with van der Waals surface area (Å²) in [5, 5.41) is 147. The zero-order valence-corrected chi connectivity index (χ0v) is 83.1. The summed E-state index contributed by atoms with van der Waals surface area (Å²) in [7, 11) is 0. The van der Waals surface area contributed by atoms with Gasteiger partial charge in [0.2, 0.25) is 94.5 Å². The highest BCUT2D eigenvalue weighted by Crippen LogP contribution is 2.19. The Balaban J connectivity index is 2.72. The Labute approximate surface area is 841 Å². The first-order valence-electron chi connectivity index (χ1n) is 47.3. The van der Waals surface area contributed by atoms with Gasteiger partial charge in [0.25, 0.3) is 0 Å². The van der Waals surface area contributed by atoms with Gasteiger partial charge >= 0.3 is 23.9 Å². The van der Waals surface area contributed by atoms with Crippen molar-refractivity contribution < 1.29 is 132 Å². The minimum atomic E-state index is -2.05. The number of H-pyrrole nitrogens is 1. The molecule has 0 saturated carbocycles. The van der Waals surface area contributed by atoms with E-state index < -0.39 is 339 Å². The van der Waals surface area contributed by atoms with E-state index in [1.165, 1.54) is 78.3 Å². The number of nitrogens with one attached hydrogen (secondary N) is 24. The number of imidazole rings is 1. The molecule has 16 amide bonds.